The lowest BCUT2D eigenvalue weighted by Gasteiger charge is -2.36. The number of aromatic nitrogens is 2. The van der Waals surface area contributed by atoms with Gasteiger partial charge < -0.3 is 14.5 Å². The summed E-state index contributed by atoms with van der Waals surface area (Å²) in [5.74, 6) is 2.00. The molecule has 2 aliphatic rings. The molecule has 0 spiro atoms. The van der Waals surface area contributed by atoms with E-state index in [9.17, 15) is 4.79 Å². The van der Waals surface area contributed by atoms with Crippen molar-refractivity contribution in [2.75, 3.05) is 57.4 Å². The summed E-state index contributed by atoms with van der Waals surface area (Å²) in [6.07, 6.45) is 0. The van der Waals surface area contributed by atoms with Gasteiger partial charge in [-0.3, -0.25) is 9.69 Å². The predicted octanol–water partition coefficient (Wildman–Crippen LogP) is 3.10. The Kier molecular flexibility index (Phi) is 6.08. The number of benzene rings is 1. The summed E-state index contributed by atoms with van der Waals surface area (Å²) < 4.78 is 5.49. The molecule has 2 fully saturated rings. The van der Waals surface area contributed by atoms with E-state index < -0.39 is 0 Å². The number of hydrogen-bond donors (Lipinski definition) is 0. The molecule has 4 heterocycles. The van der Waals surface area contributed by atoms with E-state index in [4.69, 9.17) is 14.7 Å². The number of carbonyl (C=O) groups is 1. The minimum absolute atomic E-state index is 0.105. The summed E-state index contributed by atoms with van der Waals surface area (Å²) in [5.41, 5.74) is 2.02. The number of nitrogens with zero attached hydrogens (tertiary/aromatic N) is 5. The number of rotatable bonds is 4. The summed E-state index contributed by atoms with van der Waals surface area (Å²) in [6.45, 7) is 11.4. The third-order valence-corrected chi connectivity index (χ3v) is 7.51. The lowest BCUT2D eigenvalue weighted by molar-refractivity contribution is 0.0331. The number of carbonyl (C=O) groups excluding carboxylic acids is 1. The Morgan fingerprint density at radius 3 is 2.44 bits per heavy atom. The summed E-state index contributed by atoms with van der Waals surface area (Å²) in [5, 5.41) is 1.17. The van der Waals surface area contributed by atoms with E-state index in [1.54, 1.807) is 11.3 Å². The summed E-state index contributed by atoms with van der Waals surface area (Å²) in [6, 6.07) is 9.54. The molecular weight excluding hydrogens is 422 g/mol. The smallest absolute Gasteiger partial charge is 0.253 e. The van der Waals surface area contributed by atoms with Crippen LogP contribution in [0.3, 0.4) is 0 Å². The quantitative estimate of drug-likeness (QED) is 0.608. The van der Waals surface area contributed by atoms with Crippen LogP contribution >= 0.6 is 11.3 Å². The Bertz CT molecular complexity index is 1100. The molecule has 0 saturated carbocycles. The number of piperazine rings is 1. The van der Waals surface area contributed by atoms with Gasteiger partial charge >= 0.3 is 0 Å². The van der Waals surface area contributed by atoms with Crippen LogP contribution in [0.25, 0.3) is 10.2 Å². The molecule has 0 atom stereocenters. The van der Waals surface area contributed by atoms with Crippen molar-refractivity contribution in [1.82, 2.24) is 19.8 Å². The van der Waals surface area contributed by atoms with Crippen LogP contribution in [-0.2, 0) is 11.3 Å². The number of hydrogen-bond acceptors (Lipinski definition) is 7. The third kappa shape index (κ3) is 4.22. The normalized spacial score (nSPS) is 17.8. The van der Waals surface area contributed by atoms with Gasteiger partial charge in [-0.1, -0.05) is 18.2 Å². The van der Waals surface area contributed by atoms with Crippen molar-refractivity contribution in [3.63, 3.8) is 0 Å². The van der Waals surface area contributed by atoms with Crippen LogP contribution in [-0.4, -0.2) is 78.2 Å². The second-order valence-electron chi connectivity index (χ2n) is 8.46. The van der Waals surface area contributed by atoms with Gasteiger partial charge in [0, 0.05) is 49.7 Å². The van der Waals surface area contributed by atoms with Crippen molar-refractivity contribution < 1.29 is 9.53 Å². The highest BCUT2D eigenvalue weighted by molar-refractivity contribution is 7.18. The maximum absolute atomic E-state index is 12.9. The molecule has 1 amide bonds. The van der Waals surface area contributed by atoms with Crippen molar-refractivity contribution in [2.45, 2.75) is 20.4 Å². The fraction of sp³-hybridized carbons (Fsp3) is 0.458. The molecule has 0 aliphatic carbocycles. The number of morpholine rings is 1. The first-order valence-corrected chi connectivity index (χ1v) is 12.1. The SMILES string of the molecule is Cc1sc2nc(CN3CCOCC3)nc(N3CCN(C(=O)c4ccccc4)CC3)c2c1C. The van der Waals surface area contributed by atoms with E-state index in [-0.39, 0.29) is 5.91 Å². The number of anilines is 1. The largest absolute Gasteiger partial charge is 0.379 e. The zero-order valence-corrected chi connectivity index (χ0v) is 19.5. The van der Waals surface area contributed by atoms with Crippen LogP contribution in [0.2, 0.25) is 0 Å². The first kappa shape index (κ1) is 21.3. The molecule has 0 radical (unpaired) electrons. The zero-order chi connectivity index (χ0) is 22.1. The predicted molar refractivity (Wildman–Crippen MR) is 128 cm³/mol. The lowest BCUT2D eigenvalue weighted by Crippen LogP contribution is -2.49. The van der Waals surface area contributed by atoms with Gasteiger partial charge in [0.05, 0.1) is 25.1 Å². The van der Waals surface area contributed by atoms with Crippen molar-refractivity contribution in [3.8, 4) is 0 Å². The molecule has 5 rings (SSSR count). The molecule has 32 heavy (non-hydrogen) atoms. The minimum atomic E-state index is 0.105. The molecule has 0 unspecified atom stereocenters. The standard InChI is InChI=1S/C24H29N5O2S/c1-17-18(2)32-23-21(17)22(25-20(26-23)16-27-12-14-31-15-13-27)28-8-10-29(11-9-28)24(30)19-6-4-3-5-7-19/h3-7H,8-16H2,1-2H3. The number of amides is 1. The molecule has 7 nitrogen and oxygen atoms in total. The van der Waals surface area contributed by atoms with Crippen LogP contribution in [0, 0.1) is 13.8 Å². The van der Waals surface area contributed by atoms with E-state index in [2.05, 4.69) is 23.6 Å². The van der Waals surface area contributed by atoms with Gasteiger partial charge in [0.1, 0.15) is 16.5 Å². The highest BCUT2D eigenvalue weighted by Gasteiger charge is 2.26. The third-order valence-electron chi connectivity index (χ3n) is 6.41. The average molecular weight is 452 g/mol. The number of aryl methyl sites for hydroxylation is 2. The monoisotopic (exact) mass is 451 g/mol. The highest BCUT2D eigenvalue weighted by atomic mass is 32.1. The molecule has 2 saturated heterocycles. The van der Waals surface area contributed by atoms with Gasteiger partial charge in [0.2, 0.25) is 0 Å². The Labute approximate surface area is 192 Å². The van der Waals surface area contributed by atoms with Gasteiger partial charge in [-0.05, 0) is 31.5 Å². The summed E-state index contributed by atoms with van der Waals surface area (Å²) >= 11 is 1.75. The molecule has 0 N–H and O–H groups in total. The molecule has 168 valence electrons. The zero-order valence-electron chi connectivity index (χ0n) is 18.7. The van der Waals surface area contributed by atoms with Crippen LogP contribution in [0.4, 0.5) is 5.82 Å². The van der Waals surface area contributed by atoms with E-state index in [0.29, 0.717) is 13.1 Å². The summed E-state index contributed by atoms with van der Waals surface area (Å²) in [4.78, 5) is 31.8. The van der Waals surface area contributed by atoms with Crippen molar-refractivity contribution in [2.24, 2.45) is 0 Å². The van der Waals surface area contributed by atoms with Crippen LogP contribution in [0.15, 0.2) is 30.3 Å². The first-order chi connectivity index (χ1) is 15.6. The van der Waals surface area contributed by atoms with Gasteiger partial charge in [0.25, 0.3) is 5.91 Å². The summed E-state index contributed by atoms with van der Waals surface area (Å²) in [7, 11) is 0. The van der Waals surface area contributed by atoms with E-state index in [0.717, 1.165) is 68.0 Å². The van der Waals surface area contributed by atoms with E-state index in [1.807, 2.05) is 35.2 Å². The highest BCUT2D eigenvalue weighted by Crippen LogP contribution is 2.35. The minimum Gasteiger partial charge on any atom is -0.379 e. The second kappa shape index (κ2) is 9.13. The fourth-order valence-electron chi connectivity index (χ4n) is 4.41. The Morgan fingerprint density at radius 1 is 1.00 bits per heavy atom. The Balaban J connectivity index is 1.38. The van der Waals surface area contributed by atoms with Gasteiger partial charge in [0.15, 0.2) is 0 Å². The topological polar surface area (TPSA) is 61.8 Å². The molecule has 8 heteroatoms. The Morgan fingerprint density at radius 2 is 1.72 bits per heavy atom. The molecule has 2 aromatic heterocycles. The fourth-order valence-corrected chi connectivity index (χ4v) is 5.46. The van der Waals surface area contributed by atoms with Gasteiger partial charge in [-0.2, -0.15) is 0 Å². The van der Waals surface area contributed by atoms with E-state index >= 15 is 0 Å². The first-order valence-electron chi connectivity index (χ1n) is 11.3. The van der Waals surface area contributed by atoms with Gasteiger partial charge in [-0.15, -0.1) is 11.3 Å². The van der Waals surface area contributed by atoms with Crippen molar-refractivity contribution in [3.05, 3.63) is 52.2 Å². The Hall–Kier alpha value is -2.55. The lowest BCUT2D eigenvalue weighted by atomic mass is 10.1. The second-order valence-corrected chi connectivity index (χ2v) is 9.66. The van der Waals surface area contributed by atoms with Crippen LogP contribution < -0.4 is 4.90 Å². The number of thiophene rings is 1. The number of ether oxygens (including phenoxy) is 1. The maximum Gasteiger partial charge on any atom is 0.253 e. The molecule has 1 aromatic carbocycles. The van der Waals surface area contributed by atoms with Crippen LogP contribution in [0.5, 0.6) is 0 Å². The molecule has 0 bridgehead atoms. The van der Waals surface area contributed by atoms with Crippen molar-refractivity contribution >= 4 is 33.3 Å². The molecule has 3 aromatic rings. The van der Waals surface area contributed by atoms with Crippen molar-refractivity contribution in [1.29, 1.82) is 0 Å². The number of fused-ring (bicyclic) bond motifs is 1. The molecular formula is C24H29N5O2S. The van der Waals surface area contributed by atoms with Crippen LogP contribution in [0.1, 0.15) is 26.6 Å². The average Bonchev–Trinajstić information content (AvgIpc) is 3.12. The maximum atomic E-state index is 12.9. The molecule has 2 aliphatic heterocycles. The van der Waals surface area contributed by atoms with E-state index in [1.165, 1.54) is 15.8 Å². The van der Waals surface area contributed by atoms with Gasteiger partial charge in [-0.25, -0.2) is 9.97 Å².